The molecule has 0 saturated heterocycles. The van der Waals surface area contributed by atoms with Gasteiger partial charge in [0.2, 0.25) is 5.91 Å². The van der Waals surface area contributed by atoms with Crippen LogP contribution in [0.5, 0.6) is 0 Å². The van der Waals surface area contributed by atoms with Gasteiger partial charge in [0, 0.05) is 17.5 Å². The molecule has 96 valence electrons. The molecule has 0 atom stereocenters. The van der Waals surface area contributed by atoms with Gasteiger partial charge in [-0.1, -0.05) is 35.9 Å². The summed E-state index contributed by atoms with van der Waals surface area (Å²) < 4.78 is 0. The van der Waals surface area contributed by atoms with Crippen LogP contribution in [-0.4, -0.2) is 5.91 Å². The van der Waals surface area contributed by atoms with E-state index in [2.05, 4.69) is 5.32 Å². The van der Waals surface area contributed by atoms with Crippen LogP contribution in [-0.2, 0) is 4.79 Å². The van der Waals surface area contributed by atoms with Crippen molar-refractivity contribution in [2.75, 3.05) is 11.1 Å². The fourth-order valence-corrected chi connectivity index (χ4v) is 1.75. The molecule has 2 aromatic rings. The smallest absolute Gasteiger partial charge is 0.248 e. The quantitative estimate of drug-likeness (QED) is 0.651. The van der Waals surface area contributed by atoms with Crippen LogP contribution >= 0.6 is 0 Å². The zero-order valence-electron chi connectivity index (χ0n) is 10.8. The van der Waals surface area contributed by atoms with Crippen molar-refractivity contribution in [2.45, 2.75) is 6.92 Å². The molecule has 0 fully saturated rings. The number of rotatable bonds is 3. The molecular weight excluding hydrogens is 236 g/mol. The Kier molecular flexibility index (Phi) is 3.98. The summed E-state index contributed by atoms with van der Waals surface area (Å²) in [4.78, 5) is 11.7. The normalized spacial score (nSPS) is 10.6. The molecule has 3 nitrogen and oxygen atoms in total. The number of hydrogen-bond donors (Lipinski definition) is 2. The number of carbonyl (C=O) groups is 1. The van der Waals surface area contributed by atoms with Gasteiger partial charge in [-0.15, -0.1) is 0 Å². The van der Waals surface area contributed by atoms with Gasteiger partial charge >= 0.3 is 0 Å². The maximum Gasteiger partial charge on any atom is 0.248 e. The Balaban J connectivity index is 2.01. The van der Waals surface area contributed by atoms with Gasteiger partial charge in [-0.05, 0) is 36.8 Å². The van der Waals surface area contributed by atoms with Crippen LogP contribution in [0.15, 0.2) is 54.6 Å². The Labute approximate surface area is 112 Å². The summed E-state index contributed by atoms with van der Waals surface area (Å²) in [5.74, 6) is -0.174. The second-order valence-corrected chi connectivity index (χ2v) is 4.36. The first-order valence-electron chi connectivity index (χ1n) is 6.05. The monoisotopic (exact) mass is 252 g/mol. The molecule has 2 rings (SSSR count). The maximum atomic E-state index is 11.7. The van der Waals surface area contributed by atoms with Crippen molar-refractivity contribution >= 4 is 23.4 Å². The van der Waals surface area contributed by atoms with Crippen molar-refractivity contribution in [1.82, 2.24) is 0 Å². The summed E-state index contributed by atoms with van der Waals surface area (Å²) in [7, 11) is 0. The van der Waals surface area contributed by atoms with Gasteiger partial charge in [0.05, 0.1) is 0 Å². The Morgan fingerprint density at radius 1 is 1.16 bits per heavy atom. The van der Waals surface area contributed by atoms with E-state index in [1.165, 1.54) is 11.6 Å². The third kappa shape index (κ3) is 4.00. The van der Waals surface area contributed by atoms with E-state index in [1.54, 1.807) is 30.3 Å². The number of benzene rings is 2. The molecule has 0 aromatic heterocycles. The lowest BCUT2D eigenvalue weighted by Gasteiger charge is -2.02. The lowest BCUT2D eigenvalue weighted by Crippen LogP contribution is -2.07. The molecule has 19 heavy (non-hydrogen) atoms. The summed E-state index contributed by atoms with van der Waals surface area (Å²) >= 11 is 0. The second kappa shape index (κ2) is 5.87. The number of hydrogen-bond acceptors (Lipinski definition) is 2. The molecule has 0 bridgehead atoms. The van der Waals surface area contributed by atoms with Crippen molar-refractivity contribution in [3.8, 4) is 0 Å². The SMILES string of the molecule is Cc1cccc(C=CC(=O)Nc2cccc(N)c2)c1. The fourth-order valence-electron chi connectivity index (χ4n) is 1.75. The minimum absolute atomic E-state index is 0.174. The molecule has 0 aliphatic rings. The first-order chi connectivity index (χ1) is 9.13. The Hall–Kier alpha value is -2.55. The molecule has 3 heteroatoms. The molecule has 3 N–H and O–H groups in total. The van der Waals surface area contributed by atoms with Gasteiger partial charge in [0.1, 0.15) is 0 Å². The van der Waals surface area contributed by atoms with Gasteiger partial charge in [-0.2, -0.15) is 0 Å². The van der Waals surface area contributed by atoms with E-state index in [-0.39, 0.29) is 5.91 Å². The second-order valence-electron chi connectivity index (χ2n) is 4.36. The van der Waals surface area contributed by atoms with Gasteiger partial charge in [-0.25, -0.2) is 0 Å². The van der Waals surface area contributed by atoms with Crippen molar-refractivity contribution < 1.29 is 4.79 Å². The average Bonchev–Trinajstić information content (AvgIpc) is 2.36. The zero-order chi connectivity index (χ0) is 13.7. The van der Waals surface area contributed by atoms with Gasteiger partial charge in [-0.3, -0.25) is 4.79 Å². The van der Waals surface area contributed by atoms with Crippen LogP contribution < -0.4 is 11.1 Å². The summed E-state index contributed by atoms with van der Waals surface area (Å²) in [6.07, 6.45) is 3.30. The Morgan fingerprint density at radius 2 is 1.95 bits per heavy atom. The third-order valence-corrected chi connectivity index (χ3v) is 2.62. The van der Waals surface area contributed by atoms with E-state index >= 15 is 0 Å². The molecule has 0 heterocycles. The number of anilines is 2. The predicted molar refractivity (Wildman–Crippen MR) is 79.7 cm³/mol. The minimum Gasteiger partial charge on any atom is -0.399 e. The zero-order valence-corrected chi connectivity index (χ0v) is 10.8. The molecule has 2 aromatic carbocycles. The maximum absolute atomic E-state index is 11.7. The van der Waals surface area contributed by atoms with E-state index < -0.39 is 0 Å². The van der Waals surface area contributed by atoms with E-state index in [9.17, 15) is 4.79 Å². The van der Waals surface area contributed by atoms with Crippen LogP contribution in [0, 0.1) is 6.92 Å². The number of amides is 1. The predicted octanol–water partition coefficient (Wildman–Crippen LogP) is 3.23. The summed E-state index contributed by atoms with van der Waals surface area (Å²) in [6.45, 7) is 2.02. The lowest BCUT2D eigenvalue weighted by molar-refractivity contribution is -0.111. The molecular formula is C16H16N2O. The van der Waals surface area contributed by atoms with E-state index in [4.69, 9.17) is 5.73 Å². The third-order valence-electron chi connectivity index (χ3n) is 2.62. The van der Waals surface area contributed by atoms with E-state index in [0.717, 1.165) is 5.56 Å². The highest BCUT2D eigenvalue weighted by Gasteiger charge is 1.98. The summed E-state index contributed by atoms with van der Waals surface area (Å²) in [5, 5.41) is 2.76. The van der Waals surface area contributed by atoms with Crippen LogP contribution in [0.2, 0.25) is 0 Å². The molecule has 0 saturated carbocycles. The van der Waals surface area contributed by atoms with Gasteiger partial charge in [0.15, 0.2) is 0 Å². The fraction of sp³-hybridized carbons (Fsp3) is 0.0625. The molecule has 0 unspecified atom stereocenters. The van der Waals surface area contributed by atoms with Crippen LogP contribution in [0.1, 0.15) is 11.1 Å². The Morgan fingerprint density at radius 3 is 2.68 bits per heavy atom. The summed E-state index contributed by atoms with van der Waals surface area (Å²) in [5.41, 5.74) is 9.13. The van der Waals surface area contributed by atoms with Gasteiger partial charge < -0.3 is 11.1 Å². The molecule has 1 amide bonds. The first-order valence-corrected chi connectivity index (χ1v) is 6.05. The van der Waals surface area contributed by atoms with E-state index in [0.29, 0.717) is 11.4 Å². The number of aryl methyl sites for hydroxylation is 1. The van der Waals surface area contributed by atoms with Crippen LogP contribution in [0.3, 0.4) is 0 Å². The molecule has 0 radical (unpaired) electrons. The number of nitrogens with one attached hydrogen (secondary N) is 1. The van der Waals surface area contributed by atoms with Crippen molar-refractivity contribution in [3.05, 3.63) is 65.7 Å². The Bertz CT molecular complexity index is 618. The van der Waals surface area contributed by atoms with Crippen LogP contribution in [0.25, 0.3) is 6.08 Å². The topological polar surface area (TPSA) is 55.1 Å². The largest absolute Gasteiger partial charge is 0.399 e. The highest BCUT2D eigenvalue weighted by Crippen LogP contribution is 2.12. The highest BCUT2D eigenvalue weighted by atomic mass is 16.1. The minimum atomic E-state index is -0.174. The molecule has 0 aliphatic heterocycles. The summed E-state index contributed by atoms with van der Waals surface area (Å²) in [6, 6.07) is 15.1. The van der Waals surface area contributed by atoms with Crippen molar-refractivity contribution in [2.24, 2.45) is 0 Å². The number of nitrogen functional groups attached to an aromatic ring is 1. The lowest BCUT2D eigenvalue weighted by atomic mass is 10.1. The van der Waals surface area contributed by atoms with E-state index in [1.807, 2.05) is 31.2 Å². The number of nitrogens with two attached hydrogens (primary N) is 1. The molecule has 0 spiro atoms. The van der Waals surface area contributed by atoms with Crippen LogP contribution in [0.4, 0.5) is 11.4 Å². The molecule has 0 aliphatic carbocycles. The standard InChI is InChI=1S/C16H16N2O/c1-12-4-2-5-13(10-12)8-9-16(19)18-15-7-3-6-14(17)11-15/h2-11H,17H2,1H3,(H,18,19). The first kappa shape index (κ1) is 12.9. The number of carbonyl (C=O) groups excluding carboxylic acids is 1. The van der Waals surface area contributed by atoms with Gasteiger partial charge in [0.25, 0.3) is 0 Å². The highest BCUT2D eigenvalue weighted by molar-refractivity contribution is 6.02. The van der Waals surface area contributed by atoms with Crippen molar-refractivity contribution in [3.63, 3.8) is 0 Å². The van der Waals surface area contributed by atoms with Crippen molar-refractivity contribution in [1.29, 1.82) is 0 Å². The average molecular weight is 252 g/mol.